The Kier molecular flexibility index (Phi) is 3.84. The zero-order valence-corrected chi connectivity index (χ0v) is 14.0. The van der Waals surface area contributed by atoms with Crippen LogP contribution in [0.15, 0.2) is 30.0 Å². The Balaban J connectivity index is 1.72. The maximum absolute atomic E-state index is 10.3. The third-order valence-electron chi connectivity index (χ3n) is 6.11. The van der Waals surface area contributed by atoms with Crippen LogP contribution in [0.4, 0.5) is 0 Å². The van der Waals surface area contributed by atoms with E-state index in [1.807, 2.05) is 12.1 Å². The molecule has 0 spiro atoms. The molecule has 0 radical (unpaired) electrons. The van der Waals surface area contributed by atoms with Gasteiger partial charge in [-0.2, -0.15) is 0 Å². The molecule has 0 aromatic heterocycles. The predicted octanol–water partition coefficient (Wildman–Crippen LogP) is 5.10. The van der Waals surface area contributed by atoms with Crippen LogP contribution >= 0.6 is 0 Å². The largest absolute Gasteiger partial charge is 0.507 e. The normalized spacial score (nSPS) is 30.6. The van der Waals surface area contributed by atoms with Crippen molar-refractivity contribution in [1.82, 2.24) is 0 Å². The molecule has 0 aliphatic heterocycles. The van der Waals surface area contributed by atoms with Crippen molar-refractivity contribution in [3.63, 3.8) is 0 Å². The topological polar surface area (TPSA) is 33.8 Å². The number of hydrogen-bond donors (Lipinski definition) is 1. The van der Waals surface area contributed by atoms with Gasteiger partial charge in [0.15, 0.2) is 6.20 Å². The van der Waals surface area contributed by atoms with Gasteiger partial charge in [0.1, 0.15) is 11.5 Å². The van der Waals surface area contributed by atoms with Crippen LogP contribution in [0.25, 0.3) is 16.7 Å². The SMILES string of the molecule is [C-]#[N+]/C=C/c1ccc(C(OC)=C2C3CC4CC(C3)CC2C4)cc1O. The van der Waals surface area contributed by atoms with Crippen molar-refractivity contribution in [2.45, 2.75) is 32.1 Å². The van der Waals surface area contributed by atoms with Gasteiger partial charge in [-0.25, -0.2) is 4.85 Å². The van der Waals surface area contributed by atoms with E-state index < -0.39 is 0 Å². The van der Waals surface area contributed by atoms with Crippen LogP contribution in [0.5, 0.6) is 5.75 Å². The standard InChI is InChI=1S/C21H23NO2/c1-22-6-5-15-3-4-16(12-19(15)23)21(24-2)20-17-8-13-7-14(10-17)11-18(20)9-13/h3-6,12-14,17-18,23H,7-11H2,2H3/b6-5+,21-20?. The van der Waals surface area contributed by atoms with Crippen molar-refractivity contribution < 1.29 is 9.84 Å². The van der Waals surface area contributed by atoms with Crippen molar-refractivity contribution >= 4 is 11.8 Å². The Morgan fingerprint density at radius 1 is 1.17 bits per heavy atom. The smallest absolute Gasteiger partial charge is 0.154 e. The van der Waals surface area contributed by atoms with E-state index in [4.69, 9.17) is 11.3 Å². The van der Waals surface area contributed by atoms with Gasteiger partial charge >= 0.3 is 0 Å². The summed E-state index contributed by atoms with van der Waals surface area (Å²) in [5, 5.41) is 10.3. The first-order chi connectivity index (χ1) is 11.7. The highest BCUT2D eigenvalue weighted by atomic mass is 16.5. The molecule has 24 heavy (non-hydrogen) atoms. The van der Waals surface area contributed by atoms with E-state index in [9.17, 15) is 5.11 Å². The van der Waals surface area contributed by atoms with Gasteiger partial charge in [0.25, 0.3) is 0 Å². The second-order valence-electron chi connectivity index (χ2n) is 7.51. The lowest BCUT2D eigenvalue weighted by Crippen LogP contribution is -2.40. The average molecular weight is 321 g/mol. The summed E-state index contributed by atoms with van der Waals surface area (Å²) in [5.74, 6) is 4.35. The summed E-state index contributed by atoms with van der Waals surface area (Å²) < 4.78 is 5.84. The monoisotopic (exact) mass is 321 g/mol. The van der Waals surface area contributed by atoms with Gasteiger partial charge in [-0.15, -0.1) is 0 Å². The van der Waals surface area contributed by atoms with Crippen LogP contribution < -0.4 is 0 Å². The minimum absolute atomic E-state index is 0.200. The van der Waals surface area contributed by atoms with Crippen molar-refractivity contribution in [3.8, 4) is 5.75 Å². The molecule has 4 aliphatic rings. The summed E-state index contributed by atoms with van der Waals surface area (Å²) in [6, 6.07) is 5.64. The quantitative estimate of drug-likeness (QED) is 0.621. The van der Waals surface area contributed by atoms with Crippen LogP contribution in [0.1, 0.15) is 43.2 Å². The van der Waals surface area contributed by atoms with Crippen LogP contribution in [-0.2, 0) is 4.74 Å². The van der Waals surface area contributed by atoms with Crippen LogP contribution in [0.2, 0.25) is 0 Å². The van der Waals surface area contributed by atoms with Crippen LogP contribution in [0, 0.1) is 30.2 Å². The number of phenolic OH excluding ortho intramolecular Hbond substituents is 1. The number of rotatable bonds is 3. The molecule has 1 aromatic rings. The maximum Gasteiger partial charge on any atom is 0.154 e. The third kappa shape index (κ3) is 2.51. The maximum atomic E-state index is 10.3. The van der Waals surface area contributed by atoms with Gasteiger partial charge in [0.05, 0.1) is 13.7 Å². The van der Waals surface area contributed by atoms with E-state index in [1.165, 1.54) is 43.9 Å². The molecule has 1 aromatic carbocycles. The molecule has 5 rings (SSSR count). The number of nitrogens with zero attached hydrogens (tertiary/aromatic N) is 1. The molecule has 1 N–H and O–H groups in total. The fourth-order valence-corrected chi connectivity index (χ4v) is 5.41. The number of aromatic hydroxyl groups is 1. The number of methoxy groups -OCH3 is 1. The van der Waals surface area contributed by atoms with Gasteiger partial charge in [-0.3, -0.25) is 0 Å². The number of benzene rings is 1. The fourth-order valence-electron chi connectivity index (χ4n) is 5.41. The van der Waals surface area contributed by atoms with Gasteiger partial charge in [-0.05, 0) is 67.4 Å². The van der Waals surface area contributed by atoms with E-state index in [2.05, 4.69) is 4.85 Å². The number of ether oxygens (including phenoxy) is 1. The summed E-state index contributed by atoms with van der Waals surface area (Å²) in [6.07, 6.45) is 9.68. The molecule has 0 unspecified atom stereocenters. The number of allylic oxidation sites excluding steroid dienone is 1. The molecule has 124 valence electrons. The summed E-state index contributed by atoms with van der Waals surface area (Å²) in [7, 11) is 1.75. The van der Waals surface area contributed by atoms with Gasteiger partial charge in [0, 0.05) is 11.1 Å². The minimum atomic E-state index is 0.200. The molecule has 4 aliphatic carbocycles. The van der Waals surface area contributed by atoms with E-state index in [0.717, 1.165) is 23.2 Å². The third-order valence-corrected chi connectivity index (χ3v) is 6.11. The summed E-state index contributed by atoms with van der Waals surface area (Å²) in [4.78, 5) is 3.19. The molecule has 0 amide bonds. The number of phenols is 1. The molecule has 0 saturated heterocycles. The summed E-state index contributed by atoms with van der Waals surface area (Å²) >= 11 is 0. The highest BCUT2D eigenvalue weighted by molar-refractivity contribution is 5.69. The second-order valence-corrected chi connectivity index (χ2v) is 7.51. The first-order valence-electron chi connectivity index (χ1n) is 8.84. The molecule has 0 heterocycles. The fraction of sp³-hybridized carbons (Fsp3) is 0.476. The minimum Gasteiger partial charge on any atom is -0.507 e. The van der Waals surface area contributed by atoms with Crippen molar-refractivity contribution in [3.05, 3.63) is 52.5 Å². The van der Waals surface area contributed by atoms with Crippen molar-refractivity contribution in [1.29, 1.82) is 0 Å². The Morgan fingerprint density at radius 3 is 2.38 bits per heavy atom. The Morgan fingerprint density at radius 2 is 1.83 bits per heavy atom. The lowest BCUT2D eigenvalue weighted by atomic mass is 9.54. The molecule has 4 fully saturated rings. The van der Waals surface area contributed by atoms with Crippen molar-refractivity contribution in [2.24, 2.45) is 23.7 Å². The van der Waals surface area contributed by atoms with Crippen LogP contribution in [0.3, 0.4) is 0 Å². The average Bonchev–Trinajstić information content (AvgIpc) is 2.56. The van der Waals surface area contributed by atoms with Gasteiger partial charge in [-0.1, -0.05) is 18.2 Å². The molecular formula is C21H23NO2. The van der Waals surface area contributed by atoms with E-state index in [0.29, 0.717) is 17.4 Å². The zero-order chi connectivity index (χ0) is 16.7. The molecule has 0 atom stereocenters. The second kappa shape index (κ2) is 6.02. The molecular weight excluding hydrogens is 298 g/mol. The van der Waals surface area contributed by atoms with E-state index in [-0.39, 0.29) is 5.75 Å². The first kappa shape index (κ1) is 15.3. The summed E-state index contributed by atoms with van der Waals surface area (Å²) in [6.45, 7) is 6.82. The zero-order valence-electron chi connectivity index (χ0n) is 14.0. The van der Waals surface area contributed by atoms with Gasteiger partial charge in [0.2, 0.25) is 0 Å². The molecule has 4 saturated carbocycles. The van der Waals surface area contributed by atoms with Gasteiger partial charge < -0.3 is 9.84 Å². The molecule has 3 heteroatoms. The van der Waals surface area contributed by atoms with E-state index in [1.54, 1.807) is 19.3 Å². The first-order valence-corrected chi connectivity index (χ1v) is 8.84. The predicted molar refractivity (Wildman–Crippen MR) is 94.7 cm³/mol. The Bertz CT molecular complexity index is 724. The van der Waals surface area contributed by atoms with Crippen LogP contribution in [-0.4, -0.2) is 12.2 Å². The highest BCUT2D eigenvalue weighted by Gasteiger charge is 2.46. The molecule has 3 nitrogen and oxygen atoms in total. The Labute approximate surface area is 143 Å². The lowest BCUT2D eigenvalue weighted by molar-refractivity contribution is 0.0675. The Hall–Kier alpha value is -2.21. The summed E-state index contributed by atoms with van der Waals surface area (Å²) in [5.41, 5.74) is 3.12. The molecule has 4 bridgehead atoms. The van der Waals surface area contributed by atoms with Crippen molar-refractivity contribution in [2.75, 3.05) is 7.11 Å². The highest BCUT2D eigenvalue weighted by Crippen LogP contribution is 2.58. The lowest BCUT2D eigenvalue weighted by Gasteiger charge is -2.51. The van der Waals surface area contributed by atoms with E-state index >= 15 is 0 Å². The number of hydrogen-bond acceptors (Lipinski definition) is 2.